The van der Waals surface area contributed by atoms with Crippen LogP contribution in [0.2, 0.25) is 0 Å². The van der Waals surface area contributed by atoms with Crippen LogP contribution >= 0.6 is 0 Å². The van der Waals surface area contributed by atoms with Gasteiger partial charge in [-0.3, -0.25) is 9.89 Å². The molecule has 1 unspecified atom stereocenters. The fourth-order valence-electron chi connectivity index (χ4n) is 3.92. The lowest BCUT2D eigenvalue weighted by Crippen LogP contribution is -2.45. The molecule has 0 bridgehead atoms. The Hall–Kier alpha value is -1.02. The van der Waals surface area contributed by atoms with Gasteiger partial charge >= 0.3 is 6.18 Å². The van der Waals surface area contributed by atoms with Gasteiger partial charge in [-0.05, 0) is 45.4 Å². The quantitative estimate of drug-likeness (QED) is 0.330. The predicted octanol–water partition coefficient (Wildman–Crippen LogP) is 3.70. The van der Waals surface area contributed by atoms with E-state index in [9.17, 15) is 13.2 Å². The van der Waals surface area contributed by atoms with E-state index in [1.54, 1.807) is 0 Å². The summed E-state index contributed by atoms with van der Waals surface area (Å²) in [6, 6.07) is 0.0176. The van der Waals surface area contributed by atoms with Crippen molar-refractivity contribution in [1.29, 1.82) is 0 Å². The monoisotopic (exact) mass is 406 g/mol. The summed E-state index contributed by atoms with van der Waals surface area (Å²) in [5, 5.41) is 6.47. The normalized spacial score (nSPS) is 22.6. The largest absolute Gasteiger partial charge is 0.401 e. The number of ether oxygens (including phenoxy) is 1. The van der Waals surface area contributed by atoms with Crippen LogP contribution in [0.25, 0.3) is 0 Å². The number of guanidine groups is 1. The van der Waals surface area contributed by atoms with E-state index >= 15 is 0 Å². The van der Waals surface area contributed by atoms with Crippen molar-refractivity contribution in [3.63, 3.8) is 0 Å². The van der Waals surface area contributed by atoms with E-state index in [-0.39, 0.29) is 6.04 Å². The van der Waals surface area contributed by atoms with Gasteiger partial charge in [-0.25, -0.2) is 0 Å². The highest BCUT2D eigenvalue weighted by Gasteiger charge is 2.34. The first-order valence-corrected chi connectivity index (χ1v) is 10.9. The van der Waals surface area contributed by atoms with Crippen LogP contribution in [0.4, 0.5) is 13.2 Å². The Morgan fingerprint density at radius 2 is 1.89 bits per heavy atom. The lowest BCUT2D eigenvalue weighted by molar-refractivity contribution is -0.143. The topological polar surface area (TPSA) is 48.9 Å². The molecule has 0 amide bonds. The van der Waals surface area contributed by atoms with Crippen LogP contribution in [-0.2, 0) is 4.74 Å². The third-order valence-corrected chi connectivity index (χ3v) is 5.34. The van der Waals surface area contributed by atoms with E-state index in [4.69, 9.17) is 4.74 Å². The highest BCUT2D eigenvalue weighted by atomic mass is 19.4. The van der Waals surface area contributed by atoms with Crippen LogP contribution in [-0.4, -0.2) is 68.5 Å². The molecule has 1 aliphatic carbocycles. The van der Waals surface area contributed by atoms with E-state index in [0.29, 0.717) is 31.6 Å². The maximum atomic E-state index is 12.5. The molecule has 2 rings (SSSR count). The molecule has 2 fully saturated rings. The third kappa shape index (κ3) is 9.96. The second-order valence-corrected chi connectivity index (χ2v) is 7.93. The molecule has 164 valence electrons. The molecule has 1 saturated carbocycles. The summed E-state index contributed by atoms with van der Waals surface area (Å²) in [5.41, 5.74) is 0. The van der Waals surface area contributed by atoms with Gasteiger partial charge in [0.15, 0.2) is 5.96 Å². The fraction of sp³-hybridized carbons (Fsp3) is 0.950. The van der Waals surface area contributed by atoms with Crippen molar-refractivity contribution in [3.05, 3.63) is 0 Å². The van der Waals surface area contributed by atoms with Gasteiger partial charge in [-0.1, -0.05) is 19.3 Å². The number of alkyl halides is 3. The molecule has 2 N–H and O–H groups in total. The Labute approximate surface area is 167 Å². The molecule has 8 heteroatoms. The number of rotatable bonds is 10. The number of nitrogens with one attached hydrogen (secondary N) is 2. The van der Waals surface area contributed by atoms with Gasteiger partial charge in [0.05, 0.1) is 12.6 Å². The Morgan fingerprint density at radius 1 is 1.11 bits per heavy atom. The van der Waals surface area contributed by atoms with Crippen molar-refractivity contribution in [1.82, 2.24) is 15.5 Å². The molecule has 0 radical (unpaired) electrons. The molecule has 5 nitrogen and oxygen atoms in total. The molecule has 0 aromatic carbocycles. The second kappa shape index (κ2) is 12.5. The number of halogens is 3. The summed E-state index contributed by atoms with van der Waals surface area (Å²) in [5.74, 6) is 0.708. The first-order chi connectivity index (χ1) is 13.5. The number of nitrogens with zero attached hydrogens (tertiary/aromatic N) is 2. The minimum absolute atomic E-state index is 0.0176. The molecule has 1 atom stereocenters. The summed E-state index contributed by atoms with van der Waals surface area (Å²) in [6.45, 7) is 4.33. The number of likely N-dealkylation sites (tertiary alicyclic amines) is 1. The van der Waals surface area contributed by atoms with Gasteiger partial charge in [0.2, 0.25) is 0 Å². The van der Waals surface area contributed by atoms with Crippen molar-refractivity contribution in [2.75, 3.05) is 39.3 Å². The molecule has 0 aromatic heterocycles. The van der Waals surface area contributed by atoms with E-state index in [1.165, 1.54) is 37.0 Å². The van der Waals surface area contributed by atoms with Gasteiger partial charge in [-0.2, -0.15) is 13.2 Å². The van der Waals surface area contributed by atoms with Crippen LogP contribution in [0.15, 0.2) is 4.99 Å². The smallest absolute Gasteiger partial charge is 0.378 e. The fourth-order valence-corrected chi connectivity index (χ4v) is 3.92. The van der Waals surface area contributed by atoms with Crippen LogP contribution in [0.5, 0.6) is 0 Å². The first kappa shape index (κ1) is 23.3. The zero-order valence-corrected chi connectivity index (χ0v) is 17.2. The zero-order valence-electron chi connectivity index (χ0n) is 17.2. The van der Waals surface area contributed by atoms with Crippen molar-refractivity contribution >= 4 is 5.96 Å². The SMILES string of the molecule is CCNC(=NCCCCCOC1CCCCC1)NC1CCN(CC(F)(F)F)C1. The minimum Gasteiger partial charge on any atom is -0.378 e. The van der Waals surface area contributed by atoms with Crippen LogP contribution < -0.4 is 10.6 Å². The minimum atomic E-state index is -4.13. The Kier molecular flexibility index (Phi) is 10.4. The van der Waals surface area contributed by atoms with E-state index in [2.05, 4.69) is 15.6 Å². The maximum absolute atomic E-state index is 12.5. The summed E-state index contributed by atoms with van der Waals surface area (Å²) in [6.07, 6.45) is 6.56. The lowest BCUT2D eigenvalue weighted by atomic mass is 9.98. The molecule has 1 saturated heterocycles. The van der Waals surface area contributed by atoms with Gasteiger partial charge in [0.1, 0.15) is 0 Å². The molecule has 2 aliphatic rings. The highest BCUT2D eigenvalue weighted by Crippen LogP contribution is 2.21. The van der Waals surface area contributed by atoms with Gasteiger partial charge in [0, 0.05) is 38.8 Å². The molecule has 1 aliphatic heterocycles. The number of hydrogen-bond donors (Lipinski definition) is 2. The predicted molar refractivity (Wildman–Crippen MR) is 107 cm³/mol. The zero-order chi connectivity index (χ0) is 20.2. The van der Waals surface area contributed by atoms with Crippen LogP contribution in [0.3, 0.4) is 0 Å². The average molecular weight is 407 g/mol. The third-order valence-electron chi connectivity index (χ3n) is 5.34. The van der Waals surface area contributed by atoms with Crippen molar-refractivity contribution in [2.24, 2.45) is 4.99 Å². The molecule has 0 spiro atoms. The van der Waals surface area contributed by atoms with Gasteiger partial charge < -0.3 is 15.4 Å². The molecule has 0 aromatic rings. The summed E-state index contributed by atoms with van der Waals surface area (Å²) in [4.78, 5) is 6.03. The Balaban J connectivity index is 1.58. The van der Waals surface area contributed by atoms with Crippen molar-refractivity contribution in [2.45, 2.75) is 83.0 Å². The summed E-state index contributed by atoms with van der Waals surface area (Å²) in [7, 11) is 0. The maximum Gasteiger partial charge on any atom is 0.401 e. The van der Waals surface area contributed by atoms with Crippen molar-refractivity contribution in [3.8, 4) is 0 Å². The molecular formula is C20H37F3N4O. The van der Waals surface area contributed by atoms with E-state index < -0.39 is 12.7 Å². The summed E-state index contributed by atoms with van der Waals surface area (Å²) < 4.78 is 43.5. The van der Waals surface area contributed by atoms with Crippen LogP contribution in [0, 0.1) is 0 Å². The highest BCUT2D eigenvalue weighted by molar-refractivity contribution is 5.80. The Bertz CT molecular complexity index is 453. The summed E-state index contributed by atoms with van der Waals surface area (Å²) >= 11 is 0. The first-order valence-electron chi connectivity index (χ1n) is 10.9. The molecular weight excluding hydrogens is 369 g/mol. The lowest BCUT2D eigenvalue weighted by Gasteiger charge is -2.21. The number of unbranched alkanes of at least 4 members (excludes halogenated alkanes) is 2. The van der Waals surface area contributed by atoms with Crippen LogP contribution in [0.1, 0.15) is 64.7 Å². The van der Waals surface area contributed by atoms with Crippen molar-refractivity contribution < 1.29 is 17.9 Å². The standard InChI is InChI=1S/C20H37F3N4O/c1-2-24-19(26-17-11-13-27(15-17)16-20(21,22)23)25-12-7-4-8-14-28-18-9-5-3-6-10-18/h17-18H,2-16H2,1H3,(H2,24,25,26). The molecule has 28 heavy (non-hydrogen) atoms. The average Bonchev–Trinajstić information content (AvgIpc) is 3.06. The second-order valence-electron chi connectivity index (χ2n) is 7.93. The van der Waals surface area contributed by atoms with E-state index in [1.807, 2.05) is 6.92 Å². The molecule has 1 heterocycles. The Morgan fingerprint density at radius 3 is 2.61 bits per heavy atom. The number of aliphatic imine (C=N–C) groups is 1. The van der Waals surface area contributed by atoms with Gasteiger partial charge in [-0.15, -0.1) is 0 Å². The number of hydrogen-bond acceptors (Lipinski definition) is 3. The van der Waals surface area contributed by atoms with E-state index in [0.717, 1.165) is 39.0 Å². The van der Waals surface area contributed by atoms with Gasteiger partial charge in [0.25, 0.3) is 0 Å².